The molecule has 0 aliphatic heterocycles. The number of hydrogen-bond acceptors (Lipinski definition) is 3. The summed E-state index contributed by atoms with van der Waals surface area (Å²) >= 11 is 4.06. The first-order valence-electron chi connectivity index (χ1n) is 2.64. The molecule has 0 saturated carbocycles. The van der Waals surface area contributed by atoms with Crippen LogP contribution in [0.3, 0.4) is 0 Å². The number of thiol groups is 1. The molecule has 9 heavy (non-hydrogen) atoms. The first-order valence-corrected chi connectivity index (χ1v) is 3.27. The maximum atomic E-state index is 5.35. The predicted molar refractivity (Wildman–Crippen MR) is 41.3 cm³/mol. The lowest BCUT2D eigenvalue weighted by molar-refractivity contribution is 1.26. The lowest BCUT2D eigenvalue weighted by atomic mass is 10.3. The molecule has 1 heterocycles. The Morgan fingerprint density at radius 1 is 1.56 bits per heavy atom. The van der Waals surface area contributed by atoms with Crippen molar-refractivity contribution in [2.75, 3.05) is 5.73 Å². The Morgan fingerprint density at radius 3 is 2.78 bits per heavy atom. The molecule has 2 N–H and O–H groups in total. The molecular weight excluding hydrogens is 132 g/mol. The van der Waals surface area contributed by atoms with E-state index in [2.05, 4.69) is 17.6 Å². The normalized spacial score (nSPS) is 9.44. The Morgan fingerprint density at radius 2 is 2.33 bits per heavy atom. The molecule has 0 radical (unpaired) electrons. The first-order chi connectivity index (χ1) is 4.33. The molecule has 1 aromatic heterocycles. The van der Waals surface area contributed by atoms with Gasteiger partial charge in [-0.25, -0.2) is 4.98 Å². The van der Waals surface area contributed by atoms with Crippen LogP contribution in [-0.4, -0.2) is 4.98 Å². The van der Waals surface area contributed by atoms with Gasteiger partial charge in [0, 0.05) is 11.9 Å². The number of anilines is 1. The molecule has 0 fully saturated rings. The number of hydrogen-bond donors (Lipinski definition) is 2. The minimum absolute atomic E-state index is 0.556. The predicted octanol–water partition coefficient (Wildman–Crippen LogP) is 1.09. The minimum Gasteiger partial charge on any atom is -0.384 e. The summed E-state index contributed by atoms with van der Waals surface area (Å²) in [4.78, 5) is 3.88. The van der Waals surface area contributed by atoms with Gasteiger partial charge in [0.1, 0.15) is 5.82 Å². The highest BCUT2D eigenvalue weighted by Gasteiger charge is 1.87. The van der Waals surface area contributed by atoms with Crippen LogP contribution in [0.2, 0.25) is 0 Å². The Labute approximate surface area is 59.5 Å². The second-order valence-electron chi connectivity index (χ2n) is 1.75. The second kappa shape index (κ2) is 2.73. The van der Waals surface area contributed by atoms with Crippen molar-refractivity contribution in [3.8, 4) is 0 Å². The van der Waals surface area contributed by atoms with E-state index in [0.717, 1.165) is 5.56 Å². The van der Waals surface area contributed by atoms with Crippen LogP contribution in [0.1, 0.15) is 5.56 Å². The zero-order chi connectivity index (χ0) is 6.69. The zero-order valence-electron chi connectivity index (χ0n) is 4.91. The molecule has 0 aromatic carbocycles. The molecule has 0 bridgehead atoms. The van der Waals surface area contributed by atoms with E-state index >= 15 is 0 Å². The number of nitrogens with two attached hydrogens (primary N) is 1. The highest BCUT2D eigenvalue weighted by molar-refractivity contribution is 7.79. The Balaban J connectivity index is 2.88. The van der Waals surface area contributed by atoms with Crippen molar-refractivity contribution < 1.29 is 0 Å². The molecule has 0 aliphatic carbocycles. The van der Waals surface area contributed by atoms with Crippen molar-refractivity contribution in [3.63, 3.8) is 0 Å². The molecule has 0 aliphatic rings. The lowest BCUT2D eigenvalue weighted by Crippen LogP contribution is -1.89. The van der Waals surface area contributed by atoms with Crippen LogP contribution in [-0.2, 0) is 5.75 Å². The maximum Gasteiger partial charge on any atom is 0.123 e. The van der Waals surface area contributed by atoms with Crippen molar-refractivity contribution in [3.05, 3.63) is 23.9 Å². The Hall–Kier alpha value is -0.700. The van der Waals surface area contributed by atoms with Crippen molar-refractivity contribution in [1.29, 1.82) is 0 Å². The number of aromatic nitrogens is 1. The Kier molecular flexibility index (Phi) is 1.95. The second-order valence-corrected chi connectivity index (χ2v) is 2.07. The summed E-state index contributed by atoms with van der Waals surface area (Å²) in [5.74, 6) is 1.27. The van der Waals surface area contributed by atoms with Gasteiger partial charge in [0.05, 0.1) is 0 Å². The van der Waals surface area contributed by atoms with E-state index in [-0.39, 0.29) is 0 Å². The molecule has 0 unspecified atom stereocenters. The van der Waals surface area contributed by atoms with Gasteiger partial charge in [0.2, 0.25) is 0 Å². The highest BCUT2D eigenvalue weighted by atomic mass is 32.1. The molecule has 3 heteroatoms. The van der Waals surface area contributed by atoms with Gasteiger partial charge >= 0.3 is 0 Å². The first kappa shape index (κ1) is 6.42. The smallest absolute Gasteiger partial charge is 0.123 e. The average molecular weight is 140 g/mol. The molecule has 0 saturated heterocycles. The summed E-state index contributed by atoms with van der Waals surface area (Å²) in [6.45, 7) is 0. The third-order valence-electron chi connectivity index (χ3n) is 1.03. The van der Waals surface area contributed by atoms with Crippen molar-refractivity contribution in [2.24, 2.45) is 0 Å². The monoisotopic (exact) mass is 140 g/mol. The van der Waals surface area contributed by atoms with Gasteiger partial charge in [-0.2, -0.15) is 12.6 Å². The van der Waals surface area contributed by atoms with Gasteiger partial charge in [-0.15, -0.1) is 0 Å². The van der Waals surface area contributed by atoms with Gasteiger partial charge < -0.3 is 5.73 Å². The molecule has 48 valence electrons. The van der Waals surface area contributed by atoms with E-state index < -0.39 is 0 Å². The fourth-order valence-corrected chi connectivity index (χ4v) is 0.717. The summed E-state index contributed by atoms with van der Waals surface area (Å²) in [5.41, 5.74) is 6.44. The van der Waals surface area contributed by atoms with Gasteiger partial charge in [0.15, 0.2) is 0 Å². The van der Waals surface area contributed by atoms with E-state index in [0.29, 0.717) is 11.6 Å². The fraction of sp³-hybridized carbons (Fsp3) is 0.167. The summed E-state index contributed by atoms with van der Waals surface area (Å²) in [6, 6.07) is 3.68. The summed E-state index contributed by atoms with van der Waals surface area (Å²) < 4.78 is 0. The number of nitrogens with zero attached hydrogens (tertiary/aromatic N) is 1. The van der Waals surface area contributed by atoms with Crippen molar-refractivity contribution >= 4 is 18.4 Å². The van der Waals surface area contributed by atoms with E-state index in [4.69, 9.17) is 5.73 Å². The van der Waals surface area contributed by atoms with Crippen LogP contribution < -0.4 is 5.73 Å². The lowest BCUT2D eigenvalue weighted by Gasteiger charge is -1.93. The van der Waals surface area contributed by atoms with Crippen molar-refractivity contribution in [2.45, 2.75) is 5.75 Å². The van der Waals surface area contributed by atoms with Crippen LogP contribution in [0.4, 0.5) is 5.82 Å². The topological polar surface area (TPSA) is 38.9 Å². The van der Waals surface area contributed by atoms with Crippen molar-refractivity contribution in [1.82, 2.24) is 4.98 Å². The van der Waals surface area contributed by atoms with Gasteiger partial charge in [-0.05, 0) is 11.6 Å². The fourth-order valence-electron chi connectivity index (χ4n) is 0.529. The van der Waals surface area contributed by atoms with Gasteiger partial charge in [0.25, 0.3) is 0 Å². The largest absolute Gasteiger partial charge is 0.384 e. The maximum absolute atomic E-state index is 5.35. The van der Waals surface area contributed by atoms with Crippen LogP contribution in [0.5, 0.6) is 0 Å². The van der Waals surface area contributed by atoms with E-state index in [1.807, 2.05) is 6.07 Å². The molecule has 0 atom stereocenters. The molecule has 1 aromatic rings. The van der Waals surface area contributed by atoms with Crippen LogP contribution in [0.25, 0.3) is 0 Å². The Bertz CT molecular complexity index is 183. The minimum atomic E-state index is 0.556. The standard InChI is InChI=1S/C6H8N2S/c7-6-2-1-5(4-9)3-8-6/h1-3,9H,4H2,(H2,7,8). The quantitative estimate of drug-likeness (QED) is 0.573. The molecule has 2 nitrogen and oxygen atoms in total. The summed E-state index contributed by atoms with van der Waals surface area (Å²) in [6.07, 6.45) is 1.72. The highest BCUT2D eigenvalue weighted by Crippen LogP contribution is 2.02. The van der Waals surface area contributed by atoms with Crippen LogP contribution >= 0.6 is 12.6 Å². The SMILES string of the molecule is Nc1ccc(CS)cn1. The summed E-state index contributed by atoms with van der Waals surface area (Å²) in [5, 5.41) is 0. The third kappa shape index (κ3) is 1.61. The molecule has 1 rings (SSSR count). The average Bonchev–Trinajstić information content (AvgIpc) is 1.90. The molecular formula is C6H8N2S. The van der Waals surface area contributed by atoms with Gasteiger partial charge in [-0.3, -0.25) is 0 Å². The van der Waals surface area contributed by atoms with Crippen LogP contribution in [0, 0.1) is 0 Å². The van der Waals surface area contributed by atoms with E-state index in [1.54, 1.807) is 12.3 Å². The summed E-state index contributed by atoms with van der Waals surface area (Å²) in [7, 11) is 0. The van der Waals surface area contributed by atoms with Gasteiger partial charge in [-0.1, -0.05) is 6.07 Å². The third-order valence-corrected chi connectivity index (χ3v) is 1.40. The number of pyridine rings is 1. The molecule has 0 amide bonds. The van der Waals surface area contributed by atoms with E-state index in [1.165, 1.54) is 0 Å². The zero-order valence-corrected chi connectivity index (χ0v) is 5.81. The van der Waals surface area contributed by atoms with E-state index in [9.17, 15) is 0 Å². The number of nitrogen functional groups attached to an aromatic ring is 1. The molecule has 0 spiro atoms. The number of rotatable bonds is 1. The van der Waals surface area contributed by atoms with Crippen LogP contribution in [0.15, 0.2) is 18.3 Å².